The van der Waals surface area contributed by atoms with Crippen molar-refractivity contribution in [3.8, 4) is 0 Å². The Morgan fingerprint density at radius 1 is 1.05 bits per heavy atom. The second kappa shape index (κ2) is 10.4. The second-order valence-corrected chi connectivity index (χ2v) is 5.28. The van der Waals surface area contributed by atoms with Crippen molar-refractivity contribution in [3.05, 3.63) is 35.9 Å². The summed E-state index contributed by atoms with van der Waals surface area (Å²) in [6.07, 6.45) is 6.01. The van der Waals surface area contributed by atoms with Crippen LogP contribution in [-0.4, -0.2) is 35.6 Å². The van der Waals surface area contributed by atoms with E-state index in [0.717, 1.165) is 25.9 Å². The molecule has 0 aliphatic rings. The lowest BCUT2D eigenvalue weighted by atomic mass is 10.1. The van der Waals surface area contributed by atoms with E-state index in [4.69, 9.17) is 5.11 Å². The number of unbranched alkanes of at least 4 members (excludes halogenated alkanes) is 2. The quantitative estimate of drug-likeness (QED) is 0.628. The van der Waals surface area contributed by atoms with E-state index < -0.39 is 5.97 Å². The van der Waals surface area contributed by atoms with Crippen molar-refractivity contribution in [2.24, 2.45) is 0 Å². The van der Waals surface area contributed by atoms with Gasteiger partial charge in [0, 0.05) is 6.54 Å². The molecule has 0 heterocycles. The lowest BCUT2D eigenvalue weighted by molar-refractivity contribution is -0.137. The Labute approximate surface area is 122 Å². The number of hydrogen-bond acceptors (Lipinski definition) is 2. The molecule has 20 heavy (non-hydrogen) atoms. The summed E-state index contributed by atoms with van der Waals surface area (Å²) in [5, 5.41) is 8.81. The van der Waals surface area contributed by atoms with Crippen LogP contribution >= 0.6 is 0 Å². The maximum absolute atomic E-state index is 10.7. The largest absolute Gasteiger partial charge is 0.481 e. The summed E-state index contributed by atoms with van der Waals surface area (Å²) in [6, 6.07) is 10.5. The number of carboxylic acid groups (broad SMARTS) is 1. The maximum atomic E-state index is 10.7. The van der Waals surface area contributed by atoms with Gasteiger partial charge in [-0.05, 0) is 37.9 Å². The molecule has 0 amide bonds. The van der Waals surface area contributed by atoms with Gasteiger partial charge in [0.25, 0.3) is 0 Å². The first-order valence-electron chi connectivity index (χ1n) is 7.70. The van der Waals surface area contributed by atoms with E-state index >= 15 is 0 Å². The highest BCUT2D eigenvalue weighted by Crippen LogP contribution is 2.06. The van der Waals surface area contributed by atoms with Gasteiger partial charge in [0.2, 0.25) is 0 Å². The Kier molecular flexibility index (Phi) is 8.72. The molecule has 0 atom stereocenters. The number of carboxylic acids is 1. The number of benzene rings is 1. The van der Waals surface area contributed by atoms with E-state index in [-0.39, 0.29) is 6.42 Å². The lowest BCUT2D eigenvalue weighted by Crippen LogP contribution is -2.29. The Morgan fingerprint density at radius 2 is 1.75 bits per heavy atom. The zero-order valence-electron chi connectivity index (χ0n) is 12.6. The van der Waals surface area contributed by atoms with E-state index in [1.807, 2.05) is 6.07 Å². The molecule has 3 nitrogen and oxygen atoms in total. The van der Waals surface area contributed by atoms with Crippen LogP contribution < -0.4 is 0 Å². The third-order valence-corrected chi connectivity index (χ3v) is 3.50. The van der Waals surface area contributed by atoms with Crippen molar-refractivity contribution >= 4 is 5.97 Å². The predicted octanol–water partition coefficient (Wildman–Crippen LogP) is 3.59. The van der Waals surface area contributed by atoms with Gasteiger partial charge in [-0.3, -0.25) is 4.79 Å². The van der Waals surface area contributed by atoms with Crippen LogP contribution in [0.3, 0.4) is 0 Å². The van der Waals surface area contributed by atoms with Crippen molar-refractivity contribution < 1.29 is 9.90 Å². The molecule has 0 aliphatic carbocycles. The minimum atomic E-state index is -0.700. The average Bonchev–Trinajstić information content (AvgIpc) is 2.45. The summed E-state index contributed by atoms with van der Waals surface area (Å²) >= 11 is 0. The van der Waals surface area contributed by atoms with Crippen molar-refractivity contribution in [3.63, 3.8) is 0 Å². The molecule has 1 aromatic carbocycles. The van der Waals surface area contributed by atoms with Crippen LogP contribution in [0.4, 0.5) is 0 Å². The standard InChI is InChI=1S/C17H27NO2/c1-2-3-7-13-18(15-12-17(19)20)14-8-11-16-9-5-4-6-10-16/h4-6,9-10H,2-3,7-8,11-15H2,1H3,(H,19,20). The van der Waals surface area contributed by atoms with Crippen molar-refractivity contribution in [1.29, 1.82) is 0 Å². The van der Waals surface area contributed by atoms with E-state index in [0.29, 0.717) is 6.54 Å². The third-order valence-electron chi connectivity index (χ3n) is 3.50. The molecular formula is C17H27NO2. The Bertz CT molecular complexity index is 365. The van der Waals surface area contributed by atoms with Crippen LogP contribution in [0, 0.1) is 0 Å². The van der Waals surface area contributed by atoms with Crippen LogP contribution in [0.15, 0.2) is 30.3 Å². The molecule has 0 radical (unpaired) electrons. The smallest absolute Gasteiger partial charge is 0.304 e. The molecule has 3 heteroatoms. The molecule has 1 N–H and O–H groups in total. The van der Waals surface area contributed by atoms with E-state index in [9.17, 15) is 4.79 Å². The number of aryl methyl sites for hydroxylation is 1. The molecule has 112 valence electrons. The van der Waals surface area contributed by atoms with Crippen molar-refractivity contribution in [2.75, 3.05) is 19.6 Å². The number of aliphatic carboxylic acids is 1. The molecule has 0 aromatic heterocycles. The predicted molar refractivity (Wildman–Crippen MR) is 83.0 cm³/mol. The van der Waals surface area contributed by atoms with Crippen LogP contribution in [0.1, 0.15) is 44.6 Å². The van der Waals surface area contributed by atoms with Gasteiger partial charge in [-0.25, -0.2) is 0 Å². The van der Waals surface area contributed by atoms with Crippen LogP contribution in [0.2, 0.25) is 0 Å². The number of nitrogens with zero attached hydrogens (tertiary/aromatic N) is 1. The van der Waals surface area contributed by atoms with Gasteiger partial charge in [-0.1, -0.05) is 50.1 Å². The fourth-order valence-electron chi connectivity index (χ4n) is 2.33. The topological polar surface area (TPSA) is 40.5 Å². The van der Waals surface area contributed by atoms with Gasteiger partial charge in [0.05, 0.1) is 6.42 Å². The highest BCUT2D eigenvalue weighted by atomic mass is 16.4. The van der Waals surface area contributed by atoms with E-state index in [1.54, 1.807) is 0 Å². The monoisotopic (exact) mass is 277 g/mol. The first-order chi connectivity index (χ1) is 9.72. The SMILES string of the molecule is CCCCCN(CCCc1ccccc1)CCC(=O)O. The summed E-state index contributed by atoms with van der Waals surface area (Å²) in [5.74, 6) is -0.700. The summed E-state index contributed by atoms with van der Waals surface area (Å²) in [5.41, 5.74) is 1.36. The molecule has 0 spiro atoms. The van der Waals surface area contributed by atoms with Gasteiger partial charge < -0.3 is 10.0 Å². The molecular weight excluding hydrogens is 250 g/mol. The van der Waals surface area contributed by atoms with E-state index in [2.05, 4.69) is 36.1 Å². The highest BCUT2D eigenvalue weighted by molar-refractivity contribution is 5.66. The minimum Gasteiger partial charge on any atom is -0.481 e. The zero-order chi connectivity index (χ0) is 14.6. The zero-order valence-corrected chi connectivity index (χ0v) is 12.6. The lowest BCUT2D eigenvalue weighted by Gasteiger charge is -2.21. The first-order valence-corrected chi connectivity index (χ1v) is 7.70. The van der Waals surface area contributed by atoms with Crippen LogP contribution in [-0.2, 0) is 11.2 Å². The number of hydrogen-bond donors (Lipinski definition) is 1. The summed E-state index contributed by atoms with van der Waals surface area (Å²) < 4.78 is 0. The van der Waals surface area contributed by atoms with Gasteiger partial charge in [0.1, 0.15) is 0 Å². The molecule has 0 bridgehead atoms. The normalized spacial score (nSPS) is 10.9. The number of carbonyl (C=O) groups is 1. The fraction of sp³-hybridized carbons (Fsp3) is 0.588. The Hall–Kier alpha value is -1.35. The molecule has 0 fully saturated rings. The van der Waals surface area contributed by atoms with Gasteiger partial charge in [-0.2, -0.15) is 0 Å². The third kappa shape index (κ3) is 7.95. The Morgan fingerprint density at radius 3 is 2.40 bits per heavy atom. The van der Waals surface area contributed by atoms with Crippen LogP contribution in [0.5, 0.6) is 0 Å². The fourth-order valence-corrected chi connectivity index (χ4v) is 2.33. The molecule has 0 unspecified atom stereocenters. The first kappa shape index (κ1) is 16.7. The van der Waals surface area contributed by atoms with Crippen LogP contribution in [0.25, 0.3) is 0 Å². The minimum absolute atomic E-state index is 0.247. The molecule has 1 aromatic rings. The van der Waals surface area contributed by atoms with Gasteiger partial charge in [0.15, 0.2) is 0 Å². The highest BCUT2D eigenvalue weighted by Gasteiger charge is 2.07. The van der Waals surface area contributed by atoms with E-state index in [1.165, 1.54) is 24.8 Å². The average molecular weight is 277 g/mol. The van der Waals surface area contributed by atoms with Gasteiger partial charge >= 0.3 is 5.97 Å². The van der Waals surface area contributed by atoms with Crippen molar-refractivity contribution in [2.45, 2.75) is 45.4 Å². The molecule has 0 saturated heterocycles. The van der Waals surface area contributed by atoms with Gasteiger partial charge in [-0.15, -0.1) is 0 Å². The Balaban J connectivity index is 2.28. The number of rotatable bonds is 11. The molecule has 1 rings (SSSR count). The molecule has 0 aliphatic heterocycles. The maximum Gasteiger partial charge on any atom is 0.304 e. The summed E-state index contributed by atoms with van der Waals surface area (Å²) in [7, 11) is 0. The second-order valence-electron chi connectivity index (χ2n) is 5.28. The molecule has 0 saturated carbocycles. The van der Waals surface area contributed by atoms with Crippen molar-refractivity contribution in [1.82, 2.24) is 4.90 Å². The summed E-state index contributed by atoms with van der Waals surface area (Å²) in [4.78, 5) is 13.0. The summed E-state index contributed by atoms with van der Waals surface area (Å²) in [6.45, 7) is 4.88.